The monoisotopic (exact) mass is 356 g/mol. The molecule has 5 aromatic carbocycles. The van der Waals surface area contributed by atoms with Gasteiger partial charge in [-0.3, -0.25) is 0 Å². The van der Waals surface area contributed by atoms with E-state index in [2.05, 4.69) is 97.9 Å². The van der Waals surface area contributed by atoms with E-state index < -0.39 is 0 Å². The van der Waals surface area contributed by atoms with Gasteiger partial charge < -0.3 is 0 Å². The predicted octanol–water partition coefficient (Wildman–Crippen LogP) is 7.54. The lowest BCUT2D eigenvalue weighted by atomic mass is 9.95. The van der Waals surface area contributed by atoms with Crippen molar-refractivity contribution in [3.63, 3.8) is 0 Å². The van der Waals surface area contributed by atoms with E-state index in [4.69, 9.17) is 0 Å². The zero-order valence-corrected chi connectivity index (χ0v) is 15.9. The summed E-state index contributed by atoms with van der Waals surface area (Å²) >= 11 is 0. The Balaban J connectivity index is 1.53. The van der Waals surface area contributed by atoms with Gasteiger partial charge in [0.15, 0.2) is 0 Å². The van der Waals surface area contributed by atoms with E-state index >= 15 is 0 Å². The summed E-state index contributed by atoms with van der Waals surface area (Å²) in [5.74, 6) is 0. The molecule has 0 aromatic heterocycles. The second-order valence-electron chi connectivity index (χ2n) is 7.88. The fraction of sp³-hybridized carbons (Fsp3) is 0.0714. The lowest BCUT2D eigenvalue weighted by Gasteiger charge is -2.09. The van der Waals surface area contributed by atoms with Gasteiger partial charge in [0.05, 0.1) is 0 Å². The van der Waals surface area contributed by atoms with Crippen LogP contribution in [0.15, 0.2) is 91.0 Å². The van der Waals surface area contributed by atoms with Gasteiger partial charge in [0.25, 0.3) is 0 Å². The van der Waals surface area contributed by atoms with E-state index in [9.17, 15) is 0 Å². The molecule has 1 aliphatic carbocycles. The number of aryl methyl sites for hydroxylation is 1. The van der Waals surface area contributed by atoms with Gasteiger partial charge in [-0.1, -0.05) is 90.5 Å². The first-order valence-corrected chi connectivity index (χ1v) is 9.92. The Morgan fingerprint density at radius 3 is 1.96 bits per heavy atom. The molecule has 0 nitrogen and oxygen atoms in total. The number of hydrogen-bond acceptors (Lipinski definition) is 0. The van der Waals surface area contributed by atoms with E-state index in [0.717, 1.165) is 6.42 Å². The summed E-state index contributed by atoms with van der Waals surface area (Å²) in [6.07, 6.45) is 1.02. The van der Waals surface area contributed by atoms with Gasteiger partial charge in [-0.05, 0) is 74.3 Å². The average Bonchev–Trinajstić information content (AvgIpc) is 3.13. The summed E-state index contributed by atoms with van der Waals surface area (Å²) in [6.45, 7) is 2.13. The van der Waals surface area contributed by atoms with Gasteiger partial charge >= 0.3 is 0 Å². The number of benzene rings is 5. The quantitative estimate of drug-likeness (QED) is 0.285. The van der Waals surface area contributed by atoms with Crippen LogP contribution in [0.3, 0.4) is 0 Å². The van der Waals surface area contributed by atoms with Crippen molar-refractivity contribution in [3.8, 4) is 22.3 Å². The van der Waals surface area contributed by atoms with Crippen molar-refractivity contribution in [3.05, 3.63) is 108 Å². The molecule has 0 unspecified atom stereocenters. The third-order valence-corrected chi connectivity index (χ3v) is 6.20. The van der Waals surface area contributed by atoms with Crippen LogP contribution in [0, 0.1) is 6.92 Å². The fourth-order valence-corrected chi connectivity index (χ4v) is 4.72. The first-order valence-electron chi connectivity index (χ1n) is 9.92. The number of rotatable bonds is 1. The van der Waals surface area contributed by atoms with Crippen LogP contribution in [-0.2, 0) is 6.42 Å². The molecule has 1 aliphatic rings. The van der Waals surface area contributed by atoms with Crippen LogP contribution in [0.2, 0.25) is 0 Å². The van der Waals surface area contributed by atoms with Gasteiger partial charge in [-0.2, -0.15) is 0 Å². The van der Waals surface area contributed by atoms with Crippen LogP contribution < -0.4 is 0 Å². The molecule has 0 spiro atoms. The highest BCUT2D eigenvalue weighted by Crippen LogP contribution is 2.43. The van der Waals surface area contributed by atoms with Crippen molar-refractivity contribution < 1.29 is 0 Å². The SMILES string of the molecule is Cc1ccc(-c2ccc3c4c(ccc3c2)-c2ccc3ccccc3c2C4)cc1. The third kappa shape index (κ3) is 2.25. The lowest BCUT2D eigenvalue weighted by Crippen LogP contribution is -1.86. The largest absolute Gasteiger partial charge is 0.0616 e. The molecular weight excluding hydrogens is 336 g/mol. The summed E-state index contributed by atoms with van der Waals surface area (Å²) in [5.41, 5.74) is 9.61. The molecule has 0 radical (unpaired) electrons. The fourth-order valence-electron chi connectivity index (χ4n) is 4.72. The molecule has 0 N–H and O–H groups in total. The smallest absolute Gasteiger partial charge is 0.000112 e. The molecule has 0 heteroatoms. The average molecular weight is 356 g/mol. The Hall–Kier alpha value is -3.38. The maximum atomic E-state index is 2.33. The van der Waals surface area contributed by atoms with Gasteiger partial charge in [-0.15, -0.1) is 0 Å². The minimum absolute atomic E-state index is 1.02. The summed E-state index contributed by atoms with van der Waals surface area (Å²) in [4.78, 5) is 0. The topological polar surface area (TPSA) is 0 Å². The highest BCUT2D eigenvalue weighted by Gasteiger charge is 2.22. The van der Waals surface area contributed by atoms with Gasteiger partial charge in [0.1, 0.15) is 0 Å². The van der Waals surface area contributed by atoms with Crippen LogP contribution in [0.5, 0.6) is 0 Å². The van der Waals surface area contributed by atoms with Gasteiger partial charge in [0, 0.05) is 0 Å². The van der Waals surface area contributed by atoms with Crippen LogP contribution in [0.25, 0.3) is 43.8 Å². The van der Waals surface area contributed by atoms with E-state index in [1.54, 1.807) is 0 Å². The molecule has 28 heavy (non-hydrogen) atoms. The standard InChI is InChI=1S/C28H20/c1-18-6-8-19(9-7-18)21-11-13-24-22(16-21)12-15-26-25-14-10-20-4-2-3-5-23(20)27(25)17-28(24)26/h2-16H,17H2,1H3. The van der Waals surface area contributed by atoms with E-state index in [1.165, 1.54) is 60.5 Å². The molecule has 0 saturated carbocycles. The van der Waals surface area contributed by atoms with Gasteiger partial charge in [0.2, 0.25) is 0 Å². The Kier molecular flexibility index (Phi) is 3.25. The molecule has 0 aliphatic heterocycles. The molecule has 0 amide bonds. The third-order valence-electron chi connectivity index (χ3n) is 6.20. The second kappa shape index (κ2) is 5.81. The zero-order valence-electron chi connectivity index (χ0n) is 15.9. The van der Waals surface area contributed by atoms with Crippen molar-refractivity contribution in [2.75, 3.05) is 0 Å². The maximum Gasteiger partial charge on any atom is -0.000112 e. The number of hydrogen-bond donors (Lipinski definition) is 0. The molecule has 0 atom stereocenters. The van der Waals surface area contributed by atoms with Crippen LogP contribution >= 0.6 is 0 Å². The number of fused-ring (bicyclic) bond motifs is 7. The maximum absolute atomic E-state index is 2.33. The molecule has 6 rings (SSSR count). The first-order chi connectivity index (χ1) is 13.8. The Morgan fingerprint density at radius 1 is 0.536 bits per heavy atom. The molecule has 5 aromatic rings. The van der Waals surface area contributed by atoms with E-state index in [0.29, 0.717) is 0 Å². The Morgan fingerprint density at radius 2 is 1.18 bits per heavy atom. The molecule has 0 fully saturated rings. The molecule has 132 valence electrons. The minimum Gasteiger partial charge on any atom is -0.0616 e. The second-order valence-corrected chi connectivity index (χ2v) is 7.88. The van der Waals surface area contributed by atoms with Crippen LogP contribution in [-0.4, -0.2) is 0 Å². The Labute approximate surface area is 165 Å². The molecule has 0 heterocycles. The first kappa shape index (κ1) is 15.7. The Bertz CT molecular complexity index is 1370. The normalized spacial score (nSPS) is 12.3. The summed E-state index contributed by atoms with van der Waals surface area (Å²) in [5, 5.41) is 5.43. The highest BCUT2D eigenvalue weighted by atomic mass is 14.3. The van der Waals surface area contributed by atoms with E-state index in [1.807, 2.05) is 0 Å². The van der Waals surface area contributed by atoms with Crippen molar-refractivity contribution in [2.45, 2.75) is 13.3 Å². The minimum atomic E-state index is 1.02. The predicted molar refractivity (Wildman–Crippen MR) is 120 cm³/mol. The molecular formula is C28H20. The zero-order chi connectivity index (χ0) is 18.7. The van der Waals surface area contributed by atoms with Gasteiger partial charge in [-0.25, -0.2) is 0 Å². The summed E-state index contributed by atoms with van der Waals surface area (Å²) < 4.78 is 0. The summed E-state index contributed by atoms with van der Waals surface area (Å²) in [6, 6.07) is 33.6. The van der Waals surface area contributed by atoms with E-state index in [-0.39, 0.29) is 0 Å². The van der Waals surface area contributed by atoms with Crippen molar-refractivity contribution in [1.29, 1.82) is 0 Å². The van der Waals surface area contributed by atoms with Crippen molar-refractivity contribution in [2.24, 2.45) is 0 Å². The molecule has 0 bridgehead atoms. The van der Waals surface area contributed by atoms with Crippen molar-refractivity contribution in [1.82, 2.24) is 0 Å². The van der Waals surface area contributed by atoms with Crippen LogP contribution in [0.1, 0.15) is 16.7 Å². The molecule has 0 saturated heterocycles. The lowest BCUT2D eigenvalue weighted by molar-refractivity contribution is 1.31. The van der Waals surface area contributed by atoms with Crippen molar-refractivity contribution >= 4 is 21.5 Å². The summed E-state index contributed by atoms with van der Waals surface area (Å²) in [7, 11) is 0. The highest BCUT2D eigenvalue weighted by molar-refractivity contribution is 6.01. The van der Waals surface area contributed by atoms with Crippen LogP contribution in [0.4, 0.5) is 0 Å².